The second kappa shape index (κ2) is 4.46. The van der Waals surface area contributed by atoms with Crippen LogP contribution in [0.4, 0.5) is 5.69 Å². The molecule has 3 rings (SSSR count). The average Bonchev–Trinajstić information content (AvgIpc) is 2.84. The summed E-state index contributed by atoms with van der Waals surface area (Å²) in [6, 6.07) is 10.3. The zero-order valence-corrected chi connectivity index (χ0v) is 11.3. The quantitative estimate of drug-likeness (QED) is 0.776. The molecule has 0 saturated carbocycles. The number of hydrogen-bond donors (Lipinski definition) is 1. The van der Waals surface area contributed by atoms with Crippen molar-refractivity contribution >= 4 is 22.0 Å². The summed E-state index contributed by atoms with van der Waals surface area (Å²) in [5, 5.41) is 3.43. The van der Waals surface area contributed by atoms with Crippen LogP contribution in [0.25, 0.3) is 4.96 Å². The molecule has 0 unspecified atom stereocenters. The first-order valence-corrected chi connectivity index (χ1v) is 6.78. The maximum Gasteiger partial charge on any atom is 0.194 e. The highest BCUT2D eigenvalue weighted by molar-refractivity contribution is 7.17. The molecule has 0 aliphatic carbocycles. The summed E-state index contributed by atoms with van der Waals surface area (Å²) in [4.78, 5) is 6.96. The smallest absolute Gasteiger partial charge is 0.194 e. The first kappa shape index (κ1) is 11.3. The zero-order valence-electron chi connectivity index (χ0n) is 10.5. The number of aryl methyl sites for hydroxylation is 2. The fourth-order valence-corrected chi connectivity index (χ4v) is 2.95. The first-order valence-electron chi connectivity index (χ1n) is 5.97. The second-order valence-electron chi connectivity index (χ2n) is 4.36. The van der Waals surface area contributed by atoms with E-state index >= 15 is 0 Å². The minimum absolute atomic E-state index is 0.799. The van der Waals surface area contributed by atoms with Crippen LogP contribution in [0.2, 0.25) is 0 Å². The Morgan fingerprint density at radius 1 is 1.22 bits per heavy atom. The number of rotatable bonds is 3. The van der Waals surface area contributed by atoms with E-state index < -0.39 is 0 Å². The van der Waals surface area contributed by atoms with Crippen molar-refractivity contribution in [2.24, 2.45) is 0 Å². The monoisotopic (exact) mass is 257 g/mol. The van der Waals surface area contributed by atoms with Crippen LogP contribution in [0, 0.1) is 13.8 Å². The van der Waals surface area contributed by atoms with Crippen molar-refractivity contribution in [1.82, 2.24) is 9.38 Å². The minimum atomic E-state index is 0.799. The average molecular weight is 257 g/mol. The standard InChI is InChI=1S/C14H15N3S/c1-10-9-17-13(11(2)16-14(17)18-10)8-15-12-6-4-3-5-7-12/h3-7,9,15H,8H2,1-2H3. The number of thiazole rings is 1. The van der Waals surface area contributed by atoms with Crippen LogP contribution in [0.5, 0.6) is 0 Å². The van der Waals surface area contributed by atoms with Gasteiger partial charge in [-0.25, -0.2) is 4.98 Å². The van der Waals surface area contributed by atoms with Gasteiger partial charge in [0, 0.05) is 16.8 Å². The SMILES string of the molecule is Cc1cn2c(CNc3ccccc3)c(C)nc2s1. The lowest BCUT2D eigenvalue weighted by atomic mass is 10.3. The molecule has 1 N–H and O–H groups in total. The van der Waals surface area contributed by atoms with Gasteiger partial charge >= 0.3 is 0 Å². The van der Waals surface area contributed by atoms with Crippen molar-refractivity contribution in [3.63, 3.8) is 0 Å². The van der Waals surface area contributed by atoms with E-state index in [0.29, 0.717) is 0 Å². The summed E-state index contributed by atoms with van der Waals surface area (Å²) in [7, 11) is 0. The molecule has 4 heteroatoms. The van der Waals surface area contributed by atoms with E-state index in [4.69, 9.17) is 0 Å². The normalized spacial score (nSPS) is 11.0. The molecule has 92 valence electrons. The zero-order chi connectivity index (χ0) is 12.5. The number of aromatic nitrogens is 2. The van der Waals surface area contributed by atoms with E-state index in [0.717, 1.165) is 22.9 Å². The van der Waals surface area contributed by atoms with Gasteiger partial charge in [-0.2, -0.15) is 0 Å². The van der Waals surface area contributed by atoms with Crippen LogP contribution in [0.1, 0.15) is 16.3 Å². The molecule has 0 saturated heterocycles. The summed E-state index contributed by atoms with van der Waals surface area (Å²) in [6.07, 6.45) is 2.15. The minimum Gasteiger partial charge on any atom is -0.379 e. The fourth-order valence-electron chi connectivity index (χ4n) is 2.06. The van der Waals surface area contributed by atoms with Gasteiger partial charge in [0.25, 0.3) is 0 Å². The molecule has 1 aromatic carbocycles. The Labute approximate surface area is 110 Å². The highest BCUT2D eigenvalue weighted by atomic mass is 32.1. The van der Waals surface area contributed by atoms with Gasteiger partial charge < -0.3 is 5.32 Å². The van der Waals surface area contributed by atoms with Gasteiger partial charge in [0.2, 0.25) is 0 Å². The predicted octanol–water partition coefficient (Wildman–Crippen LogP) is 3.62. The Bertz CT molecular complexity index is 667. The molecule has 18 heavy (non-hydrogen) atoms. The van der Waals surface area contributed by atoms with Crippen LogP contribution in [0.3, 0.4) is 0 Å². The molecule has 0 amide bonds. The van der Waals surface area contributed by atoms with Crippen molar-refractivity contribution in [3.8, 4) is 0 Å². The molecule has 0 spiro atoms. The molecule has 0 atom stereocenters. The van der Waals surface area contributed by atoms with E-state index in [2.05, 4.69) is 46.9 Å². The van der Waals surface area contributed by atoms with E-state index in [-0.39, 0.29) is 0 Å². The predicted molar refractivity (Wildman–Crippen MR) is 76.3 cm³/mol. The Morgan fingerprint density at radius 3 is 2.78 bits per heavy atom. The number of nitrogens with zero attached hydrogens (tertiary/aromatic N) is 2. The molecule has 0 fully saturated rings. The number of anilines is 1. The highest BCUT2D eigenvalue weighted by Crippen LogP contribution is 2.21. The Kier molecular flexibility index (Phi) is 2.80. The van der Waals surface area contributed by atoms with E-state index in [1.807, 2.05) is 18.2 Å². The number of benzene rings is 1. The third-order valence-electron chi connectivity index (χ3n) is 2.97. The van der Waals surface area contributed by atoms with Crippen molar-refractivity contribution in [1.29, 1.82) is 0 Å². The number of para-hydroxylation sites is 1. The lowest BCUT2D eigenvalue weighted by Crippen LogP contribution is -2.03. The van der Waals surface area contributed by atoms with Crippen LogP contribution >= 0.6 is 11.3 Å². The van der Waals surface area contributed by atoms with Crippen LogP contribution < -0.4 is 5.32 Å². The number of hydrogen-bond acceptors (Lipinski definition) is 3. The van der Waals surface area contributed by atoms with Gasteiger partial charge in [-0.05, 0) is 26.0 Å². The molecule has 0 bridgehead atoms. The van der Waals surface area contributed by atoms with Gasteiger partial charge in [0.05, 0.1) is 17.9 Å². The number of fused-ring (bicyclic) bond motifs is 1. The van der Waals surface area contributed by atoms with E-state index in [1.54, 1.807) is 11.3 Å². The van der Waals surface area contributed by atoms with Crippen molar-refractivity contribution in [2.45, 2.75) is 20.4 Å². The summed E-state index contributed by atoms with van der Waals surface area (Å²) in [5.74, 6) is 0. The number of imidazole rings is 1. The molecule has 0 radical (unpaired) electrons. The van der Waals surface area contributed by atoms with Crippen molar-refractivity contribution in [3.05, 3.63) is 52.8 Å². The third kappa shape index (κ3) is 1.99. The highest BCUT2D eigenvalue weighted by Gasteiger charge is 2.10. The summed E-state index contributed by atoms with van der Waals surface area (Å²) in [6.45, 7) is 4.98. The third-order valence-corrected chi connectivity index (χ3v) is 3.87. The van der Waals surface area contributed by atoms with Crippen LogP contribution in [0.15, 0.2) is 36.5 Å². The van der Waals surface area contributed by atoms with E-state index in [9.17, 15) is 0 Å². The van der Waals surface area contributed by atoms with E-state index in [1.165, 1.54) is 10.6 Å². The topological polar surface area (TPSA) is 29.3 Å². The Hall–Kier alpha value is -1.81. The van der Waals surface area contributed by atoms with Gasteiger partial charge in [0.1, 0.15) is 0 Å². The van der Waals surface area contributed by atoms with Gasteiger partial charge in [-0.1, -0.05) is 18.2 Å². The van der Waals surface area contributed by atoms with Crippen molar-refractivity contribution < 1.29 is 0 Å². The summed E-state index contributed by atoms with van der Waals surface area (Å²) >= 11 is 1.73. The summed E-state index contributed by atoms with van der Waals surface area (Å²) < 4.78 is 2.19. The van der Waals surface area contributed by atoms with Gasteiger partial charge in [0.15, 0.2) is 4.96 Å². The largest absolute Gasteiger partial charge is 0.379 e. The van der Waals surface area contributed by atoms with Crippen LogP contribution in [-0.4, -0.2) is 9.38 Å². The molecule has 3 nitrogen and oxygen atoms in total. The fraction of sp³-hybridized carbons (Fsp3) is 0.214. The van der Waals surface area contributed by atoms with Crippen LogP contribution in [-0.2, 0) is 6.54 Å². The lowest BCUT2D eigenvalue weighted by molar-refractivity contribution is 0.991. The molecular weight excluding hydrogens is 242 g/mol. The second-order valence-corrected chi connectivity index (χ2v) is 5.57. The summed E-state index contributed by atoms with van der Waals surface area (Å²) in [5.41, 5.74) is 3.47. The first-order chi connectivity index (χ1) is 8.74. The lowest BCUT2D eigenvalue weighted by Gasteiger charge is -2.06. The van der Waals surface area contributed by atoms with Gasteiger partial charge in [-0.15, -0.1) is 11.3 Å². The maximum absolute atomic E-state index is 4.59. The molecule has 0 aliphatic rings. The van der Waals surface area contributed by atoms with Crippen molar-refractivity contribution in [2.75, 3.05) is 5.32 Å². The Balaban J connectivity index is 1.88. The maximum atomic E-state index is 4.59. The molecular formula is C14H15N3S. The van der Waals surface area contributed by atoms with Gasteiger partial charge in [-0.3, -0.25) is 4.40 Å². The molecule has 3 aromatic rings. The Morgan fingerprint density at radius 2 is 2.00 bits per heavy atom. The molecule has 2 aromatic heterocycles. The number of nitrogens with one attached hydrogen (secondary N) is 1. The molecule has 2 heterocycles. The molecule has 0 aliphatic heterocycles.